The molecule has 3 aromatic rings. The maximum Gasteiger partial charge on any atom is 0.306 e. The van der Waals surface area contributed by atoms with Crippen LogP contribution in [0.25, 0.3) is 10.6 Å². The fourth-order valence-corrected chi connectivity index (χ4v) is 3.52. The first kappa shape index (κ1) is 19.4. The molecule has 3 rings (SSSR count). The number of benzene rings is 2. The van der Waals surface area contributed by atoms with Crippen molar-refractivity contribution in [2.45, 2.75) is 26.4 Å². The normalized spacial score (nSPS) is 10.6. The summed E-state index contributed by atoms with van der Waals surface area (Å²) in [7, 11) is 0. The van der Waals surface area contributed by atoms with E-state index < -0.39 is 0 Å². The summed E-state index contributed by atoms with van der Waals surface area (Å²) in [6.07, 6.45) is 0.898. The molecule has 0 saturated heterocycles. The smallest absolute Gasteiger partial charge is 0.306 e. The Morgan fingerprint density at radius 1 is 1.19 bits per heavy atom. The second-order valence-electron chi connectivity index (χ2n) is 6.03. The molecule has 0 aliphatic rings. The maximum atomic E-state index is 11.9. The molecule has 1 aromatic heterocycles. The molecule has 0 saturated carbocycles. The number of hydrogen-bond donors (Lipinski definition) is 0. The van der Waals surface area contributed by atoms with E-state index in [1.807, 2.05) is 54.8 Å². The zero-order chi connectivity index (χ0) is 19.1. The minimum atomic E-state index is -0.249. The van der Waals surface area contributed by atoms with Gasteiger partial charge in [-0.3, -0.25) is 4.79 Å². The standard InChI is InChI=1S/C21H20ClNO3S/c1-15-12-17(22)9-10-19(15)25-11-5-8-20(24)26-13-18-14-27-21(23-18)16-6-3-2-4-7-16/h2-4,6-7,9-10,12,14H,5,8,11,13H2,1H3. The van der Waals surface area contributed by atoms with Crippen LogP contribution in [0.4, 0.5) is 0 Å². The van der Waals surface area contributed by atoms with E-state index >= 15 is 0 Å². The van der Waals surface area contributed by atoms with Crippen LogP contribution >= 0.6 is 22.9 Å². The molecule has 4 nitrogen and oxygen atoms in total. The summed E-state index contributed by atoms with van der Waals surface area (Å²) in [5.41, 5.74) is 2.80. The summed E-state index contributed by atoms with van der Waals surface area (Å²) in [4.78, 5) is 16.4. The number of aromatic nitrogens is 1. The minimum Gasteiger partial charge on any atom is -0.493 e. The van der Waals surface area contributed by atoms with Gasteiger partial charge in [-0.05, 0) is 37.1 Å². The fourth-order valence-electron chi connectivity index (χ4n) is 2.49. The van der Waals surface area contributed by atoms with E-state index in [0.717, 1.165) is 27.6 Å². The molecule has 0 aliphatic heterocycles. The number of thiazole rings is 1. The van der Waals surface area contributed by atoms with Gasteiger partial charge < -0.3 is 9.47 Å². The Balaban J connectivity index is 1.38. The van der Waals surface area contributed by atoms with Crippen molar-refractivity contribution < 1.29 is 14.3 Å². The van der Waals surface area contributed by atoms with Gasteiger partial charge in [0.15, 0.2) is 0 Å². The molecule has 0 radical (unpaired) electrons. The van der Waals surface area contributed by atoms with Gasteiger partial charge in [0.2, 0.25) is 0 Å². The van der Waals surface area contributed by atoms with Gasteiger partial charge in [0.25, 0.3) is 0 Å². The van der Waals surface area contributed by atoms with E-state index in [4.69, 9.17) is 21.1 Å². The molecule has 0 N–H and O–H groups in total. The molecule has 0 amide bonds. The molecule has 0 bridgehead atoms. The summed E-state index contributed by atoms with van der Waals surface area (Å²) in [6, 6.07) is 15.4. The van der Waals surface area contributed by atoms with Crippen LogP contribution in [-0.4, -0.2) is 17.6 Å². The highest BCUT2D eigenvalue weighted by molar-refractivity contribution is 7.13. The Morgan fingerprint density at radius 3 is 2.78 bits per heavy atom. The van der Waals surface area contributed by atoms with Crippen molar-refractivity contribution in [2.75, 3.05) is 6.61 Å². The first-order chi connectivity index (χ1) is 13.1. The van der Waals surface area contributed by atoms with E-state index in [1.165, 1.54) is 0 Å². The summed E-state index contributed by atoms with van der Waals surface area (Å²) in [5, 5.41) is 3.52. The summed E-state index contributed by atoms with van der Waals surface area (Å²) in [6.45, 7) is 2.58. The van der Waals surface area contributed by atoms with Crippen molar-refractivity contribution in [1.29, 1.82) is 0 Å². The van der Waals surface area contributed by atoms with Crippen LogP contribution in [0.5, 0.6) is 5.75 Å². The van der Waals surface area contributed by atoms with Crippen LogP contribution in [-0.2, 0) is 16.1 Å². The SMILES string of the molecule is Cc1cc(Cl)ccc1OCCCC(=O)OCc1csc(-c2ccccc2)n1. The highest BCUT2D eigenvalue weighted by Gasteiger charge is 2.08. The Hall–Kier alpha value is -2.37. The van der Waals surface area contributed by atoms with Crippen molar-refractivity contribution in [1.82, 2.24) is 4.98 Å². The van der Waals surface area contributed by atoms with Gasteiger partial charge in [0, 0.05) is 22.4 Å². The lowest BCUT2D eigenvalue weighted by Crippen LogP contribution is -2.07. The largest absolute Gasteiger partial charge is 0.493 e. The van der Waals surface area contributed by atoms with Gasteiger partial charge >= 0.3 is 5.97 Å². The number of carbonyl (C=O) groups excluding carboxylic acids is 1. The number of hydrogen-bond acceptors (Lipinski definition) is 5. The Kier molecular flexibility index (Phi) is 6.85. The number of rotatable bonds is 8. The van der Waals surface area contributed by atoms with E-state index in [2.05, 4.69) is 4.98 Å². The lowest BCUT2D eigenvalue weighted by Gasteiger charge is -2.09. The van der Waals surface area contributed by atoms with Gasteiger partial charge in [-0.15, -0.1) is 11.3 Å². The van der Waals surface area contributed by atoms with Crippen LogP contribution in [0.1, 0.15) is 24.1 Å². The van der Waals surface area contributed by atoms with E-state index in [9.17, 15) is 4.79 Å². The quantitative estimate of drug-likeness (QED) is 0.360. The molecule has 0 atom stereocenters. The molecular formula is C21H20ClNO3S. The van der Waals surface area contributed by atoms with E-state index in [1.54, 1.807) is 17.4 Å². The molecular weight excluding hydrogens is 382 g/mol. The molecule has 140 valence electrons. The second-order valence-corrected chi connectivity index (χ2v) is 7.33. The third kappa shape index (κ3) is 5.81. The topological polar surface area (TPSA) is 48.4 Å². The summed E-state index contributed by atoms with van der Waals surface area (Å²) >= 11 is 7.46. The summed E-state index contributed by atoms with van der Waals surface area (Å²) in [5.74, 6) is 0.532. The second kappa shape index (κ2) is 9.53. The third-order valence-electron chi connectivity index (χ3n) is 3.87. The molecule has 0 fully saturated rings. The Morgan fingerprint density at radius 2 is 2.00 bits per heavy atom. The van der Waals surface area contributed by atoms with E-state index in [0.29, 0.717) is 24.5 Å². The monoisotopic (exact) mass is 401 g/mol. The van der Waals surface area contributed by atoms with Crippen molar-refractivity contribution in [2.24, 2.45) is 0 Å². The molecule has 0 unspecified atom stereocenters. The maximum absolute atomic E-state index is 11.9. The fraction of sp³-hybridized carbons (Fsp3) is 0.238. The first-order valence-electron chi connectivity index (χ1n) is 8.66. The Bertz CT molecular complexity index is 895. The Labute approximate surface area is 167 Å². The van der Waals surface area contributed by atoms with Gasteiger partial charge in [-0.2, -0.15) is 0 Å². The van der Waals surface area contributed by atoms with E-state index in [-0.39, 0.29) is 12.6 Å². The molecule has 0 spiro atoms. The molecule has 27 heavy (non-hydrogen) atoms. The predicted molar refractivity (Wildman–Crippen MR) is 108 cm³/mol. The molecule has 1 heterocycles. The third-order valence-corrected chi connectivity index (χ3v) is 5.05. The molecule has 2 aromatic carbocycles. The van der Waals surface area contributed by atoms with Crippen molar-refractivity contribution in [3.8, 4) is 16.3 Å². The van der Waals surface area contributed by atoms with Gasteiger partial charge in [0.1, 0.15) is 17.4 Å². The van der Waals surface area contributed by atoms with Crippen LogP contribution in [0.3, 0.4) is 0 Å². The van der Waals surface area contributed by atoms with Crippen LogP contribution < -0.4 is 4.74 Å². The number of aryl methyl sites for hydroxylation is 1. The van der Waals surface area contributed by atoms with Crippen molar-refractivity contribution >= 4 is 28.9 Å². The average Bonchev–Trinajstić information content (AvgIpc) is 3.15. The molecule has 0 aliphatic carbocycles. The number of carbonyl (C=O) groups is 1. The number of halogens is 1. The van der Waals surface area contributed by atoms with Crippen molar-refractivity contribution in [3.05, 3.63) is 70.2 Å². The van der Waals surface area contributed by atoms with Gasteiger partial charge in [-0.1, -0.05) is 41.9 Å². The van der Waals surface area contributed by atoms with Gasteiger partial charge in [0.05, 0.1) is 12.3 Å². The zero-order valence-electron chi connectivity index (χ0n) is 15.0. The van der Waals surface area contributed by atoms with Crippen LogP contribution in [0.15, 0.2) is 53.9 Å². The zero-order valence-corrected chi connectivity index (χ0v) is 16.6. The highest BCUT2D eigenvalue weighted by atomic mass is 35.5. The average molecular weight is 402 g/mol. The minimum absolute atomic E-state index is 0.194. The number of esters is 1. The first-order valence-corrected chi connectivity index (χ1v) is 9.92. The van der Waals surface area contributed by atoms with Crippen LogP contribution in [0, 0.1) is 6.92 Å². The van der Waals surface area contributed by atoms with Crippen molar-refractivity contribution in [3.63, 3.8) is 0 Å². The lowest BCUT2D eigenvalue weighted by molar-refractivity contribution is -0.145. The van der Waals surface area contributed by atoms with Crippen LogP contribution in [0.2, 0.25) is 5.02 Å². The predicted octanol–water partition coefficient (Wildman–Crippen LogP) is 5.67. The number of ether oxygens (including phenoxy) is 2. The van der Waals surface area contributed by atoms with Gasteiger partial charge in [-0.25, -0.2) is 4.98 Å². The lowest BCUT2D eigenvalue weighted by atomic mass is 10.2. The number of nitrogens with zero attached hydrogens (tertiary/aromatic N) is 1. The molecule has 6 heteroatoms. The summed E-state index contributed by atoms with van der Waals surface area (Å²) < 4.78 is 11.0. The highest BCUT2D eigenvalue weighted by Crippen LogP contribution is 2.24.